The Morgan fingerprint density at radius 1 is 1.55 bits per heavy atom. The molecule has 3 N–H and O–H groups in total. The molecule has 62 valence electrons. The summed E-state index contributed by atoms with van der Waals surface area (Å²) >= 11 is 0. The van der Waals surface area contributed by atoms with Gasteiger partial charge < -0.3 is 11.1 Å². The first-order valence-electron chi connectivity index (χ1n) is 4.43. The molecule has 0 spiro atoms. The molecule has 1 heterocycles. The molecular formula is C9H16N2. The Labute approximate surface area is 67.8 Å². The van der Waals surface area contributed by atoms with E-state index >= 15 is 0 Å². The predicted octanol–water partition coefficient (Wildman–Crippen LogP) is 0.642. The van der Waals surface area contributed by atoms with Gasteiger partial charge in [-0.1, -0.05) is 12.2 Å². The molecule has 2 fully saturated rings. The van der Waals surface area contributed by atoms with E-state index in [0.29, 0.717) is 12.1 Å². The summed E-state index contributed by atoms with van der Waals surface area (Å²) in [6.45, 7) is 4.99. The number of nitrogens with two attached hydrogens (primary N) is 1. The van der Waals surface area contributed by atoms with Crippen LogP contribution in [0, 0.1) is 5.92 Å². The molecule has 0 bridgehead atoms. The van der Waals surface area contributed by atoms with Gasteiger partial charge in [-0.3, -0.25) is 0 Å². The number of rotatable bonds is 0. The third kappa shape index (κ3) is 1.47. The number of nitrogens with one attached hydrogen (secondary N) is 1. The van der Waals surface area contributed by atoms with Crippen LogP contribution in [0.2, 0.25) is 0 Å². The maximum atomic E-state index is 5.97. The minimum atomic E-state index is 0.421. The Hall–Kier alpha value is -0.340. The van der Waals surface area contributed by atoms with E-state index in [2.05, 4.69) is 11.9 Å². The first-order valence-corrected chi connectivity index (χ1v) is 4.43. The zero-order valence-electron chi connectivity index (χ0n) is 6.84. The monoisotopic (exact) mass is 152 g/mol. The molecule has 2 nitrogen and oxygen atoms in total. The van der Waals surface area contributed by atoms with Crippen molar-refractivity contribution >= 4 is 0 Å². The van der Waals surface area contributed by atoms with Crippen molar-refractivity contribution in [2.24, 2.45) is 11.7 Å². The molecular weight excluding hydrogens is 136 g/mol. The SMILES string of the molecule is C=C1CCC(N)C2CC2NC1. The summed E-state index contributed by atoms with van der Waals surface area (Å²) in [6.07, 6.45) is 3.54. The molecule has 1 saturated heterocycles. The van der Waals surface area contributed by atoms with E-state index in [1.165, 1.54) is 12.0 Å². The smallest absolute Gasteiger partial charge is 0.0164 e. The Balaban J connectivity index is 1.95. The van der Waals surface area contributed by atoms with Gasteiger partial charge in [0.05, 0.1) is 0 Å². The third-order valence-corrected chi connectivity index (χ3v) is 2.84. The fourth-order valence-electron chi connectivity index (χ4n) is 1.87. The van der Waals surface area contributed by atoms with Crippen molar-refractivity contribution in [3.8, 4) is 0 Å². The highest BCUT2D eigenvalue weighted by Crippen LogP contribution is 2.36. The van der Waals surface area contributed by atoms with E-state index in [4.69, 9.17) is 5.73 Å². The van der Waals surface area contributed by atoms with Gasteiger partial charge >= 0.3 is 0 Å². The quantitative estimate of drug-likeness (QED) is 0.500. The highest BCUT2D eigenvalue weighted by atomic mass is 15.0. The first-order chi connectivity index (χ1) is 5.27. The molecule has 0 aromatic heterocycles. The summed E-state index contributed by atoms with van der Waals surface area (Å²) in [5, 5.41) is 3.46. The van der Waals surface area contributed by atoms with Crippen LogP contribution in [0.25, 0.3) is 0 Å². The lowest BCUT2D eigenvalue weighted by Crippen LogP contribution is -2.32. The predicted molar refractivity (Wildman–Crippen MR) is 46.2 cm³/mol. The number of hydrogen-bond acceptors (Lipinski definition) is 2. The van der Waals surface area contributed by atoms with Gasteiger partial charge in [0.2, 0.25) is 0 Å². The standard InChI is InChI=1S/C9H16N2/c1-6-2-3-8(10)7-4-9(7)11-5-6/h7-9,11H,1-5,10H2. The van der Waals surface area contributed by atoms with Gasteiger partial charge in [-0.25, -0.2) is 0 Å². The van der Waals surface area contributed by atoms with E-state index in [9.17, 15) is 0 Å². The van der Waals surface area contributed by atoms with Gasteiger partial charge in [0, 0.05) is 18.6 Å². The fraction of sp³-hybridized carbons (Fsp3) is 0.778. The lowest BCUT2D eigenvalue weighted by molar-refractivity contribution is 0.491. The maximum Gasteiger partial charge on any atom is 0.0164 e. The van der Waals surface area contributed by atoms with Crippen LogP contribution in [0.1, 0.15) is 19.3 Å². The van der Waals surface area contributed by atoms with Crippen molar-refractivity contribution in [2.45, 2.75) is 31.3 Å². The lowest BCUT2D eigenvalue weighted by atomic mass is 10.0. The van der Waals surface area contributed by atoms with Crippen molar-refractivity contribution < 1.29 is 0 Å². The first kappa shape index (κ1) is 7.32. The highest BCUT2D eigenvalue weighted by Gasteiger charge is 2.41. The Morgan fingerprint density at radius 3 is 3.18 bits per heavy atom. The molecule has 3 unspecified atom stereocenters. The second-order valence-electron chi connectivity index (χ2n) is 3.84. The number of hydrogen-bond donors (Lipinski definition) is 2. The zero-order chi connectivity index (χ0) is 7.84. The van der Waals surface area contributed by atoms with E-state index in [1.807, 2.05) is 0 Å². The summed E-state index contributed by atoms with van der Waals surface area (Å²) in [5.74, 6) is 0.767. The zero-order valence-corrected chi connectivity index (χ0v) is 6.84. The second kappa shape index (κ2) is 2.61. The average molecular weight is 152 g/mol. The molecule has 0 aromatic rings. The molecule has 2 rings (SSSR count). The summed E-state index contributed by atoms with van der Waals surface area (Å²) in [7, 11) is 0. The van der Waals surface area contributed by atoms with E-state index < -0.39 is 0 Å². The largest absolute Gasteiger partial charge is 0.327 e. The summed E-state index contributed by atoms with van der Waals surface area (Å²) < 4.78 is 0. The molecule has 1 aliphatic heterocycles. The van der Waals surface area contributed by atoms with Crippen LogP contribution in [0.4, 0.5) is 0 Å². The molecule has 1 aliphatic carbocycles. The topological polar surface area (TPSA) is 38.0 Å². The molecule has 3 atom stereocenters. The lowest BCUT2D eigenvalue weighted by Gasteiger charge is -2.16. The summed E-state index contributed by atoms with van der Waals surface area (Å²) in [5.41, 5.74) is 7.28. The van der Waals surface area contributed by atoms with E-state index in [-0.39, 0.29) is 0 Å². The van der Waals surface area contributed by atoms with Crippen LogP contribution in [0.15, 0.2) is 12.2 Å². The fourth-order valence-corrected chi connectivity index (χ4v) is 1.87. The average Bonchev–Trinajstić information content (AvgIpc) is 2.73. The Bertz CT molecular complexity index is 176. The molecule has 0 radical (unpaired) electrons. The van der Waals surface area contributed by atoms with Gasteiger partial charge in [0.15, 0.2) is 0 Å². The van der Waals surface area contributed by atoms with Crippen molar-refractivity contribution in [1.82, 2.24) is 5.32 Å². The third-order valence-electron chi connectivity index (χ3n) is 2.84. The molecule has 0 amide bonds. The van der Waals surface area contributed by atoms with Gasteiger partial charge in [-0.05, 0) is 25.2 Å². The minimum absolute atomic E-state index is 0.421. The van der Waals surface area contributed by atoms with Crippen molar-refractivity contribution in [3.05, 3.63) is 12.2 Å². The normalized spacial score (nSPS) is 44.1. The Kier molecular flexibility index (Phi) is 1.74. The van der Waals surface area contributed by atoms with Gasteiger partial charge in [-0.15, -0.1) is 0 Å². The van der Waals surface area contributed by atoms with Crippen LogP contribution in [0.3, 0.4) is 0 Å². The minimum Gasteiger partial charge on any atom is -0.327 e. The highest BCUT2D eigenvalue weighted by molar-refractivity contribution is 5.08. The molecule has 1 saturated carbocycles. The summed E-state index contributed by atoms with van der Waals surface area (Å²) in [4.78, 5) is 0. The van der Waals surface area contributed by atoms with Gasteiger partial charge in [0.1, 0.15) is 0 Å². The Morgan fingerprint density at radius 2 is 2.36 bits per heavy atom. The van der Waals surface area contributed by atoms with Gasteiger partial charge in [0.25, 0.3) is 0 Å². The summed E-state index contributed by atoms with van der Waals surface area (Å²) in [6, 6.07) is 1.13. The van der Waals surface area contributed by atoms with Crippen LogP contribution < -0.4 is 11.1 Å². The maximum absolute atomic E-state index is 5.97. The number of fused-ring (bicyclic) bond motifs is 1. The molecule has 0 aromatic carbocycles. The van der Waals surface area contributed by atoms with E-state index in [1.54, 1.807) is 0 Å². The molecule has 2 aliphatic rings. The molecule has 11 heavy (non-hydrogen) atoms. The van der Waals surface area contributed by atoms with Crippen LogP contribution >= 0.6 is 0 Å². The van der Waals surface area contributed by atoms with Crippen molar-refractivity contribution in [3.63, 3.8) is 0 Å². The van der Waals surface area contributed by atoms with Crippen LogP contribution in [-0.4, -0.2) is 18.6 Å². The van der Waals surface area contributed by atoms with E-state index in [0.717, 1.165) is 25.3 Å². The van der Waals surface area contributed by atoms with Crippen molar-refractivity contribution in [2.75, 3.05) is 6.54 Å². The van der Waals surface area contributed by atoms with Crippen LogP contribution in [-0.2, 0) is 0 Å². The van der Waals surface area contributed by atoms with Crippen molar-refractivity contribution in [1.29, 1.82) is 0 Å². The second-order valence-corrected chi connectivity index (χ2v) is 3.84. The van der Waals surface area contributed by atoms with Crippen LogP contribution in [0.5, 0.6) is 0 Å². The van der Waals surface area contributed by atoms with Gasteiger partial charge in [-0.2, -0.15) is 0 Å². The molecule has 2 heteroatoms.